The Balaban J connectivity index is 2.73. The van der Waals surface area contributed by atoms with Crippen LogP contribution in [0.2, 0.25) is 0 Å². The SMILES string of the molecule is CC(C)C(C)(C)C1=CCCN(C(C)(C)C)CC1. The van der Waals surface area contributed by atoms with Crippen molar-refractivity contribution in [1.29, 1.82) is 0 Å². The molecule has 0 saturated carbocycles. The Labute approximate surface area is 108 Å². The van der Waals surface area contributed by atoms with Gasteiger partial charge in [-0.15, -0.1) is 0 Å². The number of hydrogen-bond donors (Lipinski definition) is 0. The predicted octanol–water partition coefficient (Wildman–Crippen LogP) is 4.49. The second-order valence-electron chi connectivity index (χ2n) is 7.30. The molecule has 1 heterocycles. The van der Waals surface area contributed by atoms with Crippen LogP contribution in [0.1, 0.15) is 61.3 Å². The summed E-state index contributed by atoms with van der Waals surface area (Å²) in [6, 6.07) is 0. The second kappa shape index (κ2) is 5.14. The topological polar surface area (TPSA) is 3.24 Å². The van der Waals surface area contributed by atoms with Crippen molar-refractivity contribution in [3.05, 3.63) is 11.6 Å². The molecule has 0 bridgehead atoms. The minimum atomic E-state index is 0.311. The summed E-state index contributed by atoms with van der Waals surface area (Å²) < 4.78 is 0. The summed E-state index contributed by atoms with van der Waals surface area (Å²) >= 11 is 0. The highest BCUT2D eigenvalue weighted by Gasteiger charge is 2.30. The molecule has 0 aromatic heterocycles. The van der Waals surface area contributed by atoms with Gasteiger partial charge in [-0.3, -0.25) is 4.90 Å². The third kappa shape index (κ3) is 3.58. The van der Waals surface area contributed by atoms with E-state index in [1.54, 1.807) is 5.57 Å². The Morgan fingerprint density at radius 1 is 1.06 bits per heavy atom. The van der Waals surface area contributed by atoms with Crippen molar-refractivity contribution in [1.82, 2.24) is 4.90 Å². The van der Waals surface area contributed by atoms with E-state index < -0.39 is 0 Å². The molecule has 1 nitrogen and oxygen atoms in total. The van der Waals surface area contributed by atoms with E-state index in [-0.39, 0.29) is 0 Å². The molecule has 0 atom stereocenters. The summed E-state index contributed by atoms with van der Waals surface area (Å²) in [6.45, 7) is 18.9. The molecular formula is C16H31N. The van der Waals surface area contributed by atoms with E-state index in [0.29, 0.717) is 11.0 Å². The van der Waals surface area contributed by atoms with Crippen LogP contribution in [-0.2, 0) is 0 Å². The number of rotatable bonds is 2. The molecule has 0 saturated heterocycles. The van der Waals surface area contributed by atoms with Crippen molar-refractivity contribution < 1.29 is 0 Å². The van der Waals surface area contributed by atoms with Gasteiger partial charge in [0.05, 0.1) is 0 Å². The third-order valence-electron chi connectivity index (χ3n) is 4.66. The molecular weight excluding hydrogens is 206 g/mol. The maximum atomic E-state index is 2.62. The zero-order valence-electron chi connectivity index (χ0n) is 12.9. The molecule has 100 valence electrons. The molecule has 1 aliphatic rings. The highest BCUT2D eigenvalue weighted by atomic mass is 15.2. The van der Waals surface area contributed by atoms with Gasteiger partial charge in [-0.2, -0.15) is 0 Å². The van der Waals surface area contributed by atoms with Crippen LogP contribution in [0.3, 0.4) is 0 Å². The van der Waals surface area contributed by atoms with Gasteiger partial charge in [-0.25, -0.2) is 0 Å². The smallest absolute Gasteiger partial charge is 0.0125 e. The molecule has 0 unspecified atom stereocenters. The largest absolute Gasteiger partial charge is 0.298 e. The van der Waals surface area contributed by atoms with Crippen LogP contribution in [-0.4, -0.2) is 23.5 Å². The third-order valence-corrected chi connectivity index (χ3v) is 4.66. The van der Waals surface area contributed by atoms with Crippen molar-refractivity contribution in [3.63, 3.8) is 0 Å². The lowest BCUT2D eigenvalue weighted by Gasteiger charge is -2.36. The fraction of sp³-hybridized carbons (Fsp3) is 0.875. The van der Waals surface area contributed by atoms with Crippen molar-refractivity contribution in [2.24, 2.45) is 11.3 Å². The Morgan fingerprint density at radius 2 is 1.65 bits per heavy atom. The predicted molar refractivity (Wildman–Crippen MR) is 77.3 cm³/mol. The average Bonchev–Trinajstić information content (AvgIpc) is 2.41. The van der Waals surface area contributed by atoms with Crippen molar-refractivity contribution in [3.8, 4) is 0 Å². The van der Waals surface area contributed by atoms with Crippen LogP contribution in [0.5, 0.6) is 0 Å². The minimum Gasteiger partial charge on any atom is -0.298 e. The van der Waals surface area contributed by atoms with Gasteiger partial charge in [-0.05, 0) is 44.9 Å². The first-order chi connectivity index (χ1) is 7.65. The van der Waals surface area contributed by atoms with Gasteiger partial charge in [0, 0.05) is 18.6 Å². The normalized spacial score (nSPS) is 20.4. The minimum absolute atomic E-state index is 0.311. The zero-order chi connectivity index (χ0) is 13.3. The van der Waals surface area contributed by atoms with Crippen LogP contribution >= 0.6 is 0 Å². The lowest BCUT2D eigenvalue weighted by atomic mass is 9.73. The molecule has 0 N–H and O–H groups in total. The van der Waals surface area contributed by atoms with Gasteiger partial charge in [-0.1, -0.05) is 39.3 Å². The Kier molecular flexibility index (Phi) is 4.46. The fourth-order valence-corrected chi connectivity index (χ4v) is 2.49. The van der Waals surface area contributed by atoms with E-state index in [2.05, 4.69) is 59.4 Å². The molecule has 0 aliphatic carbocycles. The molecule has 0 aromatic rings. The lowest BCUT2D eigenvalue weighted by molar-refractivity contribution is 0.142. The molecule has 1 aliphatic heterocycles. The van der Waals surface area contributed by atoms with Gasteiger partial charge in [0.25, 0.3) is 0 Å². The van der Waals surface area contributed by atoms with Crippen LogP contribution < -0.4 is 0 Å². The van der Waals surface area contributed by atoms with E-state index in [1.165, 1.54) is 25.9 Å². The average molecular weight is 237 g/mol. The quantitative estimate of drug-likeness (QED) is 0.640. The summed E-state index contributed by atoms with van der Waals surface area (Å²) in [5.74, 6) is 0.718. The maximum Gasteiger partial charge on any atom is 0.0125 e. The van der Waals surface area contributed by atoms with Gasteiger partial charge < -0.3 is 0 Å². The highest BCUT2D eigenvalue weighted by molar-refractivity contribution is 5.15. The van der Waals surface area contributed by atoms with Gasteiger partial charge in [0.15, 0.2) is 0 Å². The lowest BCUT2D eigenvalue weighted by Crippen LogP contribution is -2.42. The summed E-state index contributed by atoms with van der Waals surface area (Å²) in [5.41, 5.74) is 2.33. The van der Waals surface area contributed by atoms with Crippen LogP contribution in [0, 0.1) is 11.3 Å². The van der Waals surface area contributed by atoms with Gasteiger partial charge >= 0.3 is 0 Å². The van der Waals surface area contributed by atoms with Gasteiger partial charge in [0.2, 0.25) is 0 Å². The Bertz CT molecular complexity index is 278. The molecule has 1 heteroatoms. The Hall–Kier alpha value is -0.300. The first-order valence-electron chi connectivity index (χ1n) is 7.10. The highest BCUT2D eigenvalue weighted by Crippen LogP contribution is 2.38. The summed E-state index contributed by atoms with van der Waals surface area (Å²) in [4.78, 5) is 2.62. The monoisotopic (exact) mass is 237 g/mol. The fourth-order valence-electron chi connectivity index (χ4n) is 2.49. The van der Waals surface area contributed by atoms with E-state index in [1.807, 2.05) is 0 Å². The van der Waals surface area contributed by atoms with E-state index in [0.717, 1.165) is 5.92 Å². The number of nitrogens with zero attached hydrogens (tertiary/aromatic N) is 1. The van der Waals surface area contributed by atoms with Crippen molar-refractivity contribution in [2.75, 3.05) is 13.1 Å². The van der Waals surface area contributed by atoms with Crippen molar-refractivity contribution in [2.45, 2.75) is 66.8 Å². The molecule has 17 heavy (non-hydrogen) atoms. The first kappa shape index (κ1) is 14.8. The molecule has 0 radical (unpaired) electrons. The van der Waals surface area contributed by atoms with E-state index in [4.69, 9.17) is 0 Å². The molecule has 1 rings (SSSR count). The summed E-state index contributed by atoms with van der Waals surface area (Å²) in [6.07, 6.45) is 4.96. The molecule has 0 fully saturated rings. The summed E-state index contributed by atoms with van der Waals surface area (Å²) in [5, 5.41) is 0. The summed E-state index contributed by atoms with van der Waals surface area (Å²) in [7, 11) is 0. The van der Waals surface area contributed by atoms with Gasteiger partial charge in [0.1, 0.15) is 0 Å². The molecule has 0 spiro atoms. The number of hydrogen-bond acceptors (Lipinski definition) is 1. The first-order valence-corrected chi connectivity index (χ1v) is 7.10. The zero-order valence-corrected chi connectivity index (χ0v) is 12.9. The van der Waals surface area contributed by atoms with Crippen LogP contribution in [0.15, 0.2) is 11.6 Å². The molecule has 0 amide bonds. The van der Waals surface area contributed by atoms with Crippen LogP contribution in [0.4, 0.5) is 0 Å². The van der Waals surface area contributed by atoms with Crippen molar-refractivity contribution >= 4 is 0 Å². The second-order valence-corrected chi connectivity index (χ2v) is 7.30. The van der Waals surface area contributed by atoms with E-state index in [9.17, 15) is 0 Å². The van der Waals surface area contributed by atoms with E-state index >= 15 is 0 Å². The van der Waals surface area contributed by atoms with Crippen LogP contribution in [0.25, 0.3) is 0 Å². The maximum absolute atomic E-state index is 2.62. The molecule has 0 aromatic carbocycles. The Morgan fingerprint density at radius 3 is 2.12 bits per heavy atom. The standard InChI is InChI=1S/C16H31N/c1-13(2)16(6,7)14-9-8-11-17(12-10-14)15(3,4)5/h9,13H,8,10-12H2,1-7H3.